The highest BCUT2D eigenvalue weighted by Gasteiger charge is 2.29. The molecule has 0 aliphatic carbocycles. The molecule has 0 radical (unpaired) electrons. The maximum absolute atomic E-state index is 12.4. The van der Waals surface area contributed by atoms with Crippen molar-refractivity contribution in [1.29, 1.82) is 0 Å². The zero-order valence-electron chi connectivity index (χ0n) is 14.7. The Kier molecular flexibility index (Phi) is 3.71. The molecule has 1 N–H and O–H groups in total. The quantitative estimate of drug-likeness (QED) is 0.781. The minimum absolute atomic E-state index is 0.0188. The van der Waals surface area contributed by atoms with Gasteiger partial charge in [0.2, 0.25) is 0 Å². The zero-order valence-corrected chi connectivity index (χ0v) is 14.7. The van der Waals surface area contributed by atoms with Crippen molar-refractivity contribution < 1.29 is 9.53 Å². The van der Waals surface area contributed by atoms with Crippen LogP contribution in [-0.2, 0) is 6.42 Å². The van der Waals surface area contributed by atoms with Crippen molar-refractivity contribution in [3.05, 3.63) is 64.6 Å². The van der Waals surface area contributed by atoms with E-state index in [1.165, 1.54) is 0 Å². The van der Waals surface area contributed by atoms with Crippen LogP contribution in [0.25, 0.3) is 5.65 Å². The Morgan fingerprint density at radius 1 is 1.28 bits per heavy atom. The number of fused-ring (bicyclic) bond motifs is 3. The Morgan fingerprint density at radius 2 is 2.04 bits per heavy atom. The summed E-state index contributed by atoms with van der Waals surface area (Å²) in [6.07, 6.45) is 3.50. The van der Waals surface area contributed by atoms with Gasteiger partial charge in [0.15, 0.2) is 11.4 Å². The third kappa shape index (κ3) is 2.47. The SMILES string of the molecule is CNC(=O)c1cn2c(C)c(C)nc2c2c1CC[C@@H](c1ccccc1)O2. The fourth-order valence-electron chi connectivity index (χ4n) is 3.49. The molecular weight excluding hydrogens is 314 g/mol. The second-order valence-corrected chi connectivity index (χ2v) is 6.46. The molecule has 1 atom stereocenters. The molecule has 0 spiro atoms. The number of amides is 1. The maximum Gasteiger partial charge on any atom is 0.252 e. The van der Waals surface area contributed by atoms with Crippen molar-refractivity contribution >= 4 is 11.6 Å². The molecule has 25 heavy (non-hydrogen) atoms. The van der Waals surface area contributed by atoms with Gasteiger partial charge in [-0.2, -0.15) is 0 Å². The summed E-state index contributed by atoms with van der Waals surface area (Å²) >= 11 is 0. The first-order chi connectivity index (χ1) is 12.1. The minimum atomic E-state index is -0.0920. The first-order valence-electron chi connectivity index (χ1n) is 8.55. The van der Waals surface area contributed by atoms with Crippen molar-refractivity contribution in [3.8, 4) is 5.75 Å². The van der Waals surface area contributed by atoms with Crippen molar-refractivity contribution in [3.63, 3.8) is 0 Å². The van der Waals surface area contributed by atoms with Crippen LogP contribution in [0.1, 0.15) is 45.4 Å². The highest BCUT2D eigenvalue weighted by atomic mass is 16.5. The Balaban J connectivity index is 1.90. The van der Waals surface area contributed by atoms with E-state index in [-0.39, 0.29) is 12.0 Å². The Labute approximate surface area is 146 Å². The van der Waals surface area contributed by atoms with Gasteiger partial charge in [-0.05, 0) is 32.3 Å². The summed E-state index contributed by atoms with van der Waals surface area (Å²) in [6, 6.07) is 10.2. The standard InChI is InChI=1S/C20H21N3O2/c1-12-13(2)23-11-16(20(24)21-3)15-9-10-17(14-7-5-4-6-8-14)25-18(15)19(23)22-12/h4-8,11,17H,9-10H2,1-3H3,(H,21,24)/t17-/m0/s1. The van der Waals surface area contributed by atoms with Gasteiger partial charge in [-0.15, -0.1) is 0 Å². The average molecular weight is 335 g/mol. The Hall–Kier alpha value is -2.82. The summed E-state index contributed by atoms with van der Waals surface area (Å²) < 4.78 is 8.34. The third-order valence-corrected chi connectivity index (χ3v) is 5.01. The molecule has 1 aromatic carbocycles. The number of rotatable bonds is 2. The molecule has 0 saturated heterocycles. The van der Waals surface area contributed by atoms with Crippen LogP contribution in [0.15, 0.2) is 36.5 Å². The van der Waals surface area contributed by atoms with E-state index in [1.807, 2.05) is 42.6 Å². The van der Waals surface area contributed by atoms with E-state index in [0.717, 1.165) is 46.8 Å². The van der Waals surface area contributed by atoms with Crippen molar-refractivity contribution in [1.82, 2.24) is 14.7 Å². The van der Waals surface area contributed by atoms with E-state index in [9.17, 15) is 4.79 Å². The van der Waals surface area contributed by atoms with Gasteiger partial charge in [-0.25, -0.2) is 4.98 Å². The lowest BCUT2D eigenvalue weighted by Gasteiger charge is -2.28. The summed E-state index contributed by atoms with van der Waals surface area (Å²) in [5.74, 6) is 0.642. The predicted molar refractivity (Wildman–Crippen MR) is 96.2 cm³/mol. The van der Waals surface area contributed by atoms with E-state index < -0.39 is 0 Å². The topological polar surface area (TPSA) is 55.6 Å². The average Bonchev–Trinajstić information content (AvgIpc) is 2.95. The number of carbonyl (C=O) groups excluding carboxylic acids is 1. The van der Waals surface area contributed by atoms with Crippen molar-refractivity contribution in [2.24, 2.45) is 0 Å². The van der Waals surface area contributed by atoms with Gasteiger partial charge in [0, 0.05) is 24.5 Å². The number of aromatic nitrogens is 2. The molecule has 1 aliphatic rings. The molecule has 5 heteroatoms. The van der Waals surface area contributed by atoms with Crippen LogP contribution in [-0.4, -0.2) is 22.3 Å². The number of benzene rings is 1. The number of nitrogens with zero attached hydrogens (tertiary/aromatic N) is 2. The van der Waals surface area contributed by atoms with Crippen molar-refractivity contribution in [2.45, 2.75) is 32.8 Å². The van der Waals surface area contributed by atoms with Crippen LogP contribution in [0, 0.1) is 13.8 Å². The molecular formula is C20H21N3O2. The first-order valence-corrected chi connectivity index (χ1v) is 8.55. The van der Waals surface area contributed by atoms with Gasteiger partial charge >= 0.3 is 0 Å². The van der Waals surface area contributed by atoms with Gasteiger partial charge < -0.3 is 14.5 Å². The molecule has 0 saturated carbocycles. The Bertz CT molecular complexity index is 960. The molecule has 3 heterocycles. The number of hydrogen-bond acceptors (Lipinski definition) is 3. The van der Waals surface area contributed by atoms with Gasteiger partial charge in [0.1, 0.15) is 6.10 Å². The highest BCUT2D eigenvalue weighted by molar-refractivity contribution is 5.97. The van der Waals surface area contributed by atoms with E-state index in [2.05, 4.69) is 22.4 Å². The molecule has 0 bridgehead atoms. The second kappa shape index (κ2) is 5.92. The van der Waals surface area contributed by atoms with E-state index in [0.29, 0.717) is 5.56 Å². The monoisotopic (exact) mass is 335 g/mol. The van der Waals surface area contributed by atoms with Crippen LogP contribution in [0.3, 0.4) is 0 Å². The second-order valence-electron chi connectivity index (χ2n) is 6.46. The Morgan fingerprint density at radius 3 is 2.76 bits per heavy atom. The zero-order chi connectivity index (χ0) is 17.6. The largest absolute Gasteiger partial charge is 0.481 e. The molecule has 1 aliphatic heterocycles. The van der Waals surface area contributed by atoms with Gasteiger partial charge in [0.25, 0.3) is 5.91 Å². The molecule has 0 unspecified atom stereocenters. The fraction of sp³-hybridized carbons (Fsp3) is 0.300. The number of aryl methyl sites for hydroxylation is 2. The van der Waals surface area contributed by atoms with Crippen LogP contribution < -0.4 is 10.1 Å². The molecule has 0 fully saturated rings. The summed E-state index contributed by atoms with van der Waals surface area (Å²) in [4.78, 5) is 17.1. The molecule has 128 valence electrons. The van der Waals surface area contributed by atoms with E-state index in [4.69, 9.17) is 4.74 Å². The third-order valence-electron chi connectivity index (χ3n) is 5.01. The van der Waals surface area contributed by atoms with Crippen molar-refractivity contribution in [2.75, 3.05) is 7.05 Å². The smallest absolute Gasteiger partial charge is 0.252 e. The van der Waals surface area contributed by atoms with Gasteiger partial charge in [-0.1, -0.05) is 30.3 Å². The number of ether oxygens (including phenoxy) is 1. The molecule has 2 aromatic heterocycles. The number of carbonyl (C=O) groups is 1. The molecule has 1 amide bonds. The normalized spacial score (nSPS) is 16.4. The van der Waals surface area contributed by atoms with Crippen LogP contribution in [0.2, 0.25) is 0 Å². The van der Waals surface area contributed by atoms with Crippen LogP contribution >= 0.6 is 0 Å². The van der Waals surface area contributed by atoms with Gasteiger partial charge in [-0.3, -0.25) is 4.79 Å². The predicted octanol–water partition coefficient (Wildman–Crippen LogP) is 3.38. The summed E-state index contributed by atoms with van der Waals surface area (Å²) in [5.41, 5.74) is 5.52. The highest BCUT2D eigenvalue weighted by Crippen LogP contribution is 2.39. The number of hydrogen-bond donors (Lipinski definition) is 1. The molecule has 3 aromatic rings. The van der Waals surface area contributed by atoms with Gasteiger partial charge in [0.05, 0.1) is 11.3 Å². The molecule has 5 nitrogen and oxygen atoms in total. The summed E-state index contributed by atoms with van der Waals surface area (Å²) in [6.45, 7) is 3.98. The van der Waals surface area contributed by atoms with Crippen LogP contribution in [0.4, 0.5) is 0 Å². The van der Waals surface area contributed by atoms with Crippen LogP contribution in [0.5, 0.6) is 5.75 Å². The lowest BCUT2D eigenvalue weighted by Crippen LogP contribution is -2.24. The van der Waals surface area contributed by atoms with E-state index >= 15 is 0 Å². The first kappa shape index (κ1) is 15.7. The number of imidazole rings is 1. The number of pyridine rings is 1. The summed E-state index contributed by atoms with van der Waals surface area (Å²) in [5, 5.41) is 2.74. The lowest BCUT2D eigenvalue weighted by atomic mass is 9.95. The molecule has 4 rings (SSSR count). The van der Waals surface area contributed by atoms with E-state index in [1.54, 1.807) is 7.05 Å². The lowest BCUT2D eigenvalue weighted by molar-refractivity contribution is 0.0958. The summed E-state index contributed by atoms with van der Waals surface area (Å²) in [7, 11) is 1.65. The minimum Gasteiger partial charge on any atom is -0.481 e. The fourth-order valence-corrected chi connectivity index (χ4v) is 3.49. The maximum atomic E-state index is 12.4. The number of nitrogens with one attached hydrogen (secondary N) is 1.